The molecule has 1 aliphatic rings. The topological polar surface area (TPSA) is 114 Å². The summed E-state index contributed by atoms with van der Waals surface area (Å²) in [6, 6.07) is 10.6. The minimum atomic E-state index is -0.697. The summed E-state index contributed by atoms with van der Waals surface area (Å²) in [6.45, 7) is 3.68. The van der Waals surface area contributed by atoms with Crippen LogP contribution in [0, 0.1) is 5.82 Å². The Hall–Kier alpha value is -4.47. The summed E-state index contributed by atoms with van der Waals surface area (Å²) in [6.07, 6.45) is 3.07. The first-order valence-corrected chi connectivity index (χ1v) is 10.7. The Bertz CT molecular complexity index is 1440. The maximum absolute atomic E-state index is 13.7. The summed E-state index contributed by atoms with van der Waals surface area (Å²) < 4.78 is 20.4. The molecule has 0 saturated heterocycles. The van der Waals surface area contributed by atoms with Gasteiger partial charge in [-0.05, 0) is 49.7 Å². The fraction of sp³-hybridized carbons (Fsp3) is 0.167. The Morgan fingerprint density at radius 1 is 1.18 bits per heavy atom. The van der Waals surface area contributed by atoms with Crippen molar-refractivity contribution in [3.63, 3.8) is 0 Å². The number of carbonyl (C=O) groups is 2. The standard InChI is InChI=1S/C24H21FN6O3/c1-3-34-24(33)18-12-27-31-21(14-4-6-16(25)7-5-14)20(13(2)28-22(18)31)23(32)29-17-8-9-19-15(10-17)11-26-30-19/h4-12,21,28H,3H2,1-2H3,(H,26,30)(H,29,32). The number of anilines is 2. The van der Waals surface area contributed by atoms with Crippen LogP contribution >= 0.6 is 0 Å². The summed E-state index contributed by atoms with van der Waals surface area (Å²) in [5.41, 5.74) is 3.25. The lowest BCUT2D eigenvalue weighted by molar-refractivity contribution is -0.113. The highest BCUT2D eigenvalue weighted by Crippen LogP contribution is 2.38. The van der Waals surface area contributed by atoms with Gasteiger partial charge in [-0.25, -0.2) is 13.9 Å². The molecule has 3 N–H and O–H groups in total. The third-order valence-corrected chi connectivity index (χ3v) is 5.65. The van der Waals surface area contributed by atoms with Crippen LogP contribution in [0.4, 0.5) is 15.9 Å². The van der Waals surface area contributed by atoms with Crippen LogP contribution in [-0.2, 0) is 9.53 Å². The van der Waals surface area contributed by atoms with E-state index in [2.05, 4.69) is 25.9 Å². The molecule has 10 heteroatoms. The number of carbonyl (C=O) groups excluding carboxylic acids is 2. The second kappa shape index (κ2) is 8.47. The normalized spacial score (nSPS) is 15.1. The monoisotopic (exact) mass is 460 g/mol. The van der Waals surface area contributed by atoms with E-state index >= 15 is 0 Å². The number of benzene rings is 2. The van der Waals surface area contributed by atoms with Gasteiger partial charge in [0.2, 0.25) is 0 Å². The Morgan fingerprint density at radius 2 is 1.97 bits per heavy atom. The average Bonchev–Trinajstić information content (AvgIpc) is 3.45. The number of fused-ring (bicyclic) bond motifs is 2. The van der Waals surface area contributed by atoms with Crippen molar-refractivity contribution in [2.24, 2.45) is 0 Å². The summed E-state index contributed by atoms with van der Waals surface area (Å²) >= 11 is 0. The maximum atomic E-state index is 13.7. The van der Waals surface area contributed by atoms with Gasteiger partial charge in [0.1, 0.15) is 23.2 Å². The molecule has 1 amide bonds. The third kappa shape index (κ3) is 3.68. The summed E-state index contributed by atoms with van der Waals surface area (Å²) in [5.74, 6) is -0.878. The smallest absolute Gasteiger partial charge is 0.343 e. The number of ether oxygens (including phenoxy) is 1. The molecule has 5 rings (SSSR count). The number of hydrogen-bond acceptors (Lipinski definition) is 6. The van der Waals surface area contributed by atoms with Crippen LogP contribution in [-0.4, -0.2) is 38.5 Å². The fourth-order valence-corrected chi connectivity index (χ4v) is 4.08. The van der Waals surface area contributed by atoms with Crippen LogP contribution in [0.2, 0.25) is 0 Å². The van der Waals surface area contributed by atoms with Gasteiger partial charge in [0.25, 0.3) is 5.91 Å². The number of halogens is 1. The van der Waals surface area contributed by atoms with E-state index in [1.54, 1.807) is 42.9 Å². The molecule has 1 atom stereocenters. The Morgan fingerprint density at radius 3 is 2.74 bits per heavy atom. The first-order valence-electron chi connectivity index (χ1n) is 10.7. The third-order valence-electron chi connectivity index (χ3n) is 5.65. The molecule has 4 aromatic rings. The Labute approximate surface area is 193 Å². The number of aromatic nitrogens is 4. The number of amides is 1. The van der Waals surface area contributed by atoms with Crippen molar-refractivity contribution in [1.82, 2.24) is 20.0 Å². The second-order valence-corrected chi connectivity index (χ2v) is 7.82. The van der Waals surface area contributed by atoms with Gasteiger partial charge >= 0.3 is 5.97 Å². The number of nitrogens with zero attached hydrogens (tertiary/aromatic N) is 3. The molecule has 3 heterocycles. The van der Waals surface area contributed by atoms with E-state index in [0.29, 0.717) is 28.3 Å². The zero-order chi connectivity index (χ0) is 23.8. The molecule has 9 nitrogen and oxygen atoms in total. The van der Waals surface area contributed by atoms with Crippen LogP contribution < -0.4 is 10.6 Å². The lowest BCUT2D eigenvalue weighted by Gasteiger charge is -2.30. The van der Waals surface area contributed by atoms with Gasteiger partial charge in [-0.2, -0.15) is 10.2 Å². The lowest BCUT2D eigenvalue weighted by atomic mass is 9.94. The highest BCUT2D eigenvalue weighted by Gasteiger charge is 2.35. The lowest BCUT2D eigenvalue weighted by Crippen LogP contribution is -2.31. The fourth-order valence-electron chi connectivity index (χ4n) is 4.08. The van der Waals surface area contributed by atoms with E-state index in [-0.39, 0.29) is 18.1 Å². The minimum absolute atomic E-state index is 0.217. The van der Waals surface area contributed by atoms with Gasteiger partial charge < -0.3 is 15.4 Å². The molecule has 1 aliphatic heterocycles. The highest BCUT2D eigenvalue weighted by molar-refractivity contribution is 6.07. The van der Waals surface area contributed by atoms with Crippen molar-refractivity contribution in [1.29, 1.82) is 0 Å². The number of H-pyrrole nitrogens is 1. The first kappa shape index (κ1) is 21.4. The van der Waals surface area contributed by atoms with E-state index in [1.165, 1.54) is 18.3 Å². The van der Waals surface area contributed by atoms with Gasteiger partial charge in [-0.1, -0.05) is 12.1 Å². The molecule has 0 aliphatic carbocycles. The minimum Gasteiger partial charge on any atom is -0.462 e. The number of rotatable bonds is 5. The molecule has 0 bridgehead atoms. The number of aromatic amines is 1. The molecule has 34 heavy (non-hydrogen) atoms. The van der Waals surface area contributed by atoms with Crippen molar-refractivity contribution in [2.75, 3.05) is 17.2 Å². The molecular weight excluding hydrogens is 439 g/mol. The second-order valence-electron chi connectivity index (χ2n) is 7.82. The molecule has 1 unspecified atom stereocenters. The average molecular weight is 460 g/mol. The summed E-state index contributed by atoms with van der Waals surface area (Å²) in [7, 11) is 0. The molecule has 2 aromatic carbocycles. The van der Waals surface area contributed by atoms with Crippen LogP contribution in [0.25, 0.3) is 10.9 Å². The highest BCUT2D eigenvalue weighted by atomic mass is 19.1. The van der Waals surface area contributed by atoms with Crippen molar-refractivity contribution < 1.29 is 18.7 Å². The zero-order valence-corrected chi connectivity index (χ0v) is 18.4. The largest absolute Gasteiger partial charge is 0.462 e. The maximum Gasteiger partial charge on any atom is 0.343 e. The number of nitrogens with one attached hydrogen (secondary N) is 3. The van der Waals surface area contributed by atoms with Crippen LogP contribution in [0.15, 0.2) is 66.1 Å². The van der Waals surface area contributed by atoms with E-state index in [4.69, 9.17) is 4.74 Å². The molecule has 0 fully saturated rings. The quantitative estimate of drug-likeness (QED) is 0.388. The number of esters is 1. The predicted molar refractivity (Wildman–Crippen MR) is 124 cm³/mol. The molecular formula is C24H21FN6O3. The molecule has 172 valence electrons. The van der Waals surface area contributed by atoms with E-state index < -0.39 is 17.8 Å². The van der Waals surface area contributed by atoms with Gasteiger partial charge in [-0.3, -0.25) is 9.89 Å². The molecule has 0 spiro atoms. The van der Waals surface area contributed by atoms with Gasteiger partial charge in [-0.15, -0.1) is 0 Å². The Kier molecular flexibility index (Phi) is 5.33. The van der Waals surface area contributed by atoms with Crippen LogP contribution in [0.3, 0.4) is 0 Å². The van der Waals surface area contributed by atoms with Crippen LogP contribution in [0.1, 0.15) is 35.8 Å². The number of hydrogen-bond donors (Lipinski definition) is 3. The van der Waals surface area contributed by atoms with E-state index in [0.717, 1.165) is 10.9 Å². The molecule has 0 radical (unpaired) electrons. The van der Waals surface area contributed by atoms with Crippen molar-refractivity contribution in [3.8, 4) is 0 Å². The Balaban J connectivity index is 1.57. The number of allylic oxidation sites excluding steroid dienone is 1. The van der Waals surface area contributed by atoms with Gasteiger partial charge in [0.05, 0.1) is 30.1 Å². The summed E-state index contributed by atoms with van der Waals surface area (Å²) in [5, 5.41) is 18.2. The van der Waals surface area contributed by atoms with Crippen molar-refractivity contribution in [2.45, 2.75) is 19.9 Å². The van der Waals surface area contributed by atoms with Gasteiger partial charge in [0.15, 0.2) is 0 Å². The van der Waals surface area contributed by atoms with Gasteiger partial charge in [0, 0.05) is 16.8 Å². The van der Waals surface area contributed by atoms with E-state index in [9.17, 15) is 14.0 Å². The van der Waals surface area contributed by atoms with Crippen molar-refractivity contribution >= 4 is 34.3 Å². The van der Waals surface area contributed by atoms with E-state index in [1.807, 2.05) is 12.1 Å². The van der Waals surface area contributed by atoms with Crippen molar-refractivity contribution in [3.05, 3.63) is 83.1 Å². The predicted octanol–water partition coefficient (Wildman–Crippen LogP) is 4.00. The first-order chi connectivity index (χ1) is 16.5. The zero-order valence-electron chi connectivity index (χ0n) is 18.4. The van der Waals surface area contributed by atoms with Crippen LogP contribution in [0.5, 0.6) is 0 Å². The molecule has 0 saturated carbocycles. The summed E-state index contributed by atoms with van der Waals surface area (Å²) in [4.78, 5) is 26.0. The molecule has 2 aromatic heterocycles. The SMILES string of the molecule is CCOC(=O)c1cnn2c1NC(C)=C(C(=O)Nc1ccc3[nH]ncc3c1)C2c1ccc(F)cc1.